The van der Waals surface area contributed by atoms with E-state index in [0.29, 0.717) is 0 Å². The van der Waals surface area contributed by atoms with E-state index in [-0.39, 0.29) is 35.6 Å². The number of rotatable bonds is 8. The van der Waals surface area contributed by atoms with Crippen LogP contribution in [0, 0.1) is 12.1 Å². The zero-order valence-electron chi connectivity index (χ0n) is 44.5. The van der Waals surface area contributed by atoms with Crippen LogP contribution in [0.3, 0.4) is 0 Å². The molecule has 0 saturated heterocycles. The van der Waals surface area contributed by atoms with Crippen LogP contribution in [0.5, 0.6) is 0 Å². The monoisotopic (exact) mass is 1100 g/mol. The molecule has 3 heteroatoms. The second-order valence-electron chi connectivity index (χ2n) is 21.8. The molecule has 0 bridgehead atoms. The van der Waals surface area contributed by atoms with E-state index in [2.05, 4.69) is 272 Å². The number of benzene rings is 10. The standard InChI is InChI=1S/C53H45.C15H14.C5H5.2ClH.Zr/c1-52(2,3)50-32-46-40(30-48(50)44-21-13-11-19-42(44)38-25-23-34-15-7-9-17-36(34)27-38)29-41-31-49(51(33-47(41)46)53(4,5)6)45-22-14-12-20-43(45)39-26-24-35-16-8-10-18-37(35)28-39;1-3-8-14(9-4-1)12-7-13-15-10-5-2-6-11-15;1-2-4-5-3-1;;;/h7-28,30,32-33H,29H2,1-6H3;1-6,8-11H,12-13H2;1-3H,4H2;2*1H;/q-1;;-1;;;+2/p-2. The van der Waals surface area contributed by atoms with Crippen LogP contribution in [0.1, 0.15) is 81.3 Å². The van der Waals surface area contributed by atoms with Gasteiger partial charge in [0.05, 0.1) is 0 Å². The van der Waals surface area contributed by atoms with E-state index in [4.69, 9.17) is 0 Å². The molecule has 10 aromatic carbocycles. The van der Waals surface area contributed by atoms with E-state index < -0.39 is 0 Å². The summed E-state index contributed by atoms with van der Waals surface area (Å²) in [6, 6.07) is 81.9. The van der Waals surface area contributed by atoms with Crippen molar-refractivity contribution in [3.63, 3.8) is 0 Å². The topological polar surface area (TPSA) is 0 Å². The third-order valence-corrected chi connectivity index (χ3v) is 15.2. The number of hydrogen-bond donors (Lipinski definition) is 0. The number of halogens is 2. The Kier molecular flexibility index (Phi) is 18.1. The van der Waals surface area contributed by atoms with Crippen LogP contribution in [0.2, 0.25) is 0 Å². The molecule has 2 aliphatic carbocycles. The Hall–Kier alpha value is -6.47. The summed E-state index contributed by atoms with van der Waals surface area (Å²) in [5, 5.41) is 5.06. The van der Waals surface area contributed by atoms with E-state index in [1.54, 1.807) is 27.4 Å². The summed E-state index contributed by atoms with van der Waals surface area (Å²) in [6.45, 7) is 14.1. The fraction of sp³-hybridized carbons (Fsp3) is 0.164. The summed E-state index contributed by atoms with van der Waals surface area (Å²) in [4.78, 5) is 0. The van der Waals surface area contributed by atoms with Crippen molar-refractivity contribution in [1.82, 2.24) is 0 Å². The van der Waals surface area contributed by atoms with E-state index >= 15 is 0 Å². The minimum atomic E-state index is -0.0777. The molecule has 0 radical (unpaired) electrons. The van der Waals surface area contributed by atoms with Gasteiger partial charge in [0.25, 0.3) is 0 Å². The second-order valence-corrected chi connectivity index (χ2v) is 23.6. The fourth-order valence-corrected chi connectivity index (χ4v) is 11.6. The molecule has 376 valence electrons. The molecule has 0 heterocycles. The number of allylic oxidation sites excluding steroid dienone is 4. The van der Waals surface area contributed by atoms with E-state index in [1.807, 2.05) is 12.2 Å². The van der Waals surface area contributed by atoms with Gasteiger partial charge in [-0.25, -0.2) is 12.2 Å². The Morgan fingerprint density at radius 1 is 0.434 bits per heavy atom. The average Bonchev–Trinajstić information content (AvgIpc) is 4.16. The van der Waals surface area contributed by atoms with Crippen LogP contribution in [-0.4, -0.2) is 3.21 Å². The zero-order valence-corrected chi connectivity index (χ0v) is 48.5. The molecule has 0 spiro atoms. The molecular formula is C73H64Cl2Zr-2. The van der Waals surface area contributed by atoms with E-state index in [0.717, 1.165) is 25.7 Å². The third-order valence-electron chi connectivity index (χ3n) is 14.3. The first kappa shape index (κ1) is 55.8. The molecule has 0 amide bonds. The molecule has 0 N–H and O–H groups in total. The maximum atomic E-state index is 4.08. The average molecular weight is 1100 g/mol. The molecule has 0 atom stereocenters. The summed E-state index contributed by atoms with van der Waals surface area (Å²) < 4.78 is 1.60. The third kappa shape index (κ3) is 12.8. The van der Waals surface area contributed by atoms with Crippen molar-refractivity contribution in [2.45, 2.75) is 78.1 Å². The predicted molar refractivity (Wildman–Crippen MR) is 315 cm³/mol. The maximum absolute atomic E-state index is 4.08. The van der Waals surface area contributed by atoms with Crippen molar-refractivity contribution in [3.8, 4) is 55.6 Å². The van der Waals surface area contributed by atoms with Gasteiger partial charge in [0, 0.05) is 0 Å². The molecule has 10 aromatic rings. The molecule has 0 aromatic heterocycles. The first-order valence-corrected chi connectivity index (χ1v) is 27.4. The molecule has 0 fully saturated rings. The molecule has 0 nitrogen and oxygen atoms in total. The van der Waals surface area contributed by atoms with Gasteiger partial charge in [-0.05, 0) is 89.9 Å². The Morgan fingerprint density at radius 2 is 0.895 bits per heavy atom. The molecule has 76 heavy (non-hydrogen) atoms. The van der Waals surface area contributed by atoms with Crippen LogP contribution < -0.4 is 24.8 Å². The molecule has 0 saturated carbocycles. The summed E-state index contributed by atoms with van der Waals surface area (Å²) in [6.07, 6.45) is 13.1. The van der Waals surface area contributed by atoms with Crippen molar-refractivity contribution >= 4 is 24.8 Å². The molecule has 2 aliphatic rings. The summed E-state index contributed by atoms with van der Waals surface area (Å²) in [5.74, 6) is 0. The van der Waals surface area contributed by atoms with Gasteiger partial charge in [0.1, 0.15) is 0 Å². The van der Waals surface area contributed by atoms with Gasteiger partial charge < -0.3 is 24.8 Å². The van der Waals surface area contributed by atoms with Gasteiger partial charge in [-0.3, -0.25) is 6.08 Å². The second kappa shape index (κ2) is 24.7. The van der Waals surface area contributed by atoms with Crippen molar-refractivity contribution in [2.75, 3.05) is 0 Å². The van der Waals surface area contributed by atoms with E-state index in [9.17, 15) is 0 Å². The van der Waals surface area contributed by atoms with Gasteiger partial charge in [0.15, 0.2) is 0 Å². The predicted octanol–water partition coefficient (Wildman–Crippen LogP) is 13.1. The normalized spacial score (nSPS) is 12.1. The zero-order chi connectivity index (χ0) is 51.2. The Bertz CT molecular complexity index is 3460. The minimum absolute atomic E-state index is 0. The van der Waals surface area contributed by atoms with Crippen molar-refractivity contribution in [1.29, 1.82) is 0 Å². The van der Waals surface area contributed by atoms with Gasteiger partial charge >= 0.3 is 112 Å². The Labute approximate surface area is 479 Å². The fourth-order valence-electron chi connectivity index (χ4n) is 10.6. The van der Waals surface area contributed by atoms with Crippen molar-refractivity contribution in [2.24, 2.45) is 0 Å². The van der Waals surface area contributed by atoms with Crippen LogP contribution in [0.25, 0.3) is 77.2 Å². The van der Waals surface area contributed by atoms with Crippen LogP contribution >= 0.6 is 0 Å². The molecule has 12 rings (SSSR count). The molecule has 0 unspecified atom stereocenters. The molecular weight excluding hydrogens is 1040 g/mol. The Morgan fingerprint density at radius 3 is 1.38 bits per heavy atom. The summed E-state index contributed by atoms with van der Waals surface area (Å²) in [7, 11) is 0. The quantitative estimate of drug-likeness (QED) is 0.133. The first-order valence-electron chi connectivity index (χ1n) is 26.2. The van der Waals surface area contributed by atoms with E-state index in [1.165, 1.54) is 111 Å². The van der Waals surface area contributed by atoms with Crippen LogP contribution in [0.4, 0.5) is 0 Å². The molecule has 0 aliphatic heterocycles. The SMILES string of the molecule is CC(C)(C)c1cc2c([c-]c1-c1ccccc1-c1ccc3ccccc3c1)Cc1cc(-c3ccccc3-c3ccc4ccccc4c3)c(C(C)(C)C)cc1-2.[C-]1=CC=CC1.[Cl-].[Cl-].[Zr+2]=[C](Cc1ccccc1)Cc1ccccc1. The van der Waals surface area contributed by atoms with Crippen molar-refractivity contribution < 1.29 is 49.0 Å². The first-order chi connectivity index (χ1) is 35.9. The summed E-state index contributed by atoms with van der Waals surface area (Å²) >= 11 is 1.55. The Balaban J connectivity index is 0.000000277. The van der Waals surface area contributed by atoms with Crippen molar-refractivity contribution in [3.05, 3.63) is 276 Å². The van der Waals surface area contributed by atoms with Crippen LogP contribution in [0.15, 0.2) is 231 Å². The number of fused-ring (bicyclic) bond motifs is 5. The van der Waals surface area contributed by atoms with Gasteiger partial charge in [-0.1, -0.05) is 197 Å². The summed E-state index contributed by atoms with van der Waals surface area (Å²) in [5.41, 5.74) is 20.8. The van der Waals surface area contributed by atoms with Gasteiger partial charge in [0.2, 0.25) is 0 Å². The number of hydrogen-bond acceptors (Lipinski definition) is 0. The van der Waals surface area contributed by atoms with Crippen LogP contribution in [-0.2, 0) is 54.3 Å². The van der Waals surface area contributed by atoms with Gasteiger partial charge in [-0.2, -0.15) is 6.08 Å². The van der Waals surface area contributed by atoms with Gasteiger partial charge in [-0.15, -0.1) is 35.2 Å².